The lowest BCUT2D eigenvalue weighted by Gasteiger charge is -2.07. The molecule has 0 saturated carbocycles. The minimum atomic E-state index is -0.734. The predicted octanol–water partition coefficient (Wildman–Crippen LogP) is 2.96. The average Bonchev–Trinajstić information content (AvgIpc) is 3.35. The normalized spacial score (nSPS) is 10.5. The largest absolute Gasteiger partial charge is 0.465 e. The van der Waals surface area contributed by atoms with Crippen molar-refractivity contribution in [2.45, 2.75) is 13.8 Å². The maximum atomic E-state index is 12.3. The van der Waals surface area contributed by atoms with E-state index < -0.39 is 30.4 Å². The molecule has 3 rings (SSSR count). The van der Waals surface area contributed by atoms with Gasteiger partial charge >= 0.3 is 17.9 Å². The van der Waals surface area contributed by atoms with Gasteiger partial charge in [0, 0.05) is 0 Å². The molecular weight excluding hydrogens is 428 g/mol. The highest BCUT2D eigenvalue weighted by atomic mass is 32.1. The van der Waals surface area contributed by atoms with Gasteiger partial charge in [0.1, 0.15) is 15.4 Å². The van der Waals surface area contributed by atoms with Crippen molar-refractivity contribution in [1.29, 1.82) is 0 Å². The Morgan fingerprint density at radius 3 is 2.61 bits per heavy atom. The first-order valence-electron chi connectivity index (χ1n) is 9.04. The summed E-state index contributed by atoms with van der Waals surface area (Å²) in [5, 5.41) is 2.58. The molecule has 0 saturated heterocycles. The maximum absolute atomic E-state index is 12.3. The van der Waals surface area contributed by atoms with E-state index in [0.717, 1.165) is 11.3 Å². The van der Waals surface area contributed by atoms with Crippen LogP contribution in [0, 0.1) is 6.92 Å². The number of ether oxygens (including phenoxy) is 3. The molecule has 2 aromatic heterocycles. The van der Waals surface area contributed by atoms with Gasteiger partial charge in [-0.3, -0.25) is 4.79 Å². The molecule has 10 nitrogen and oxygen atoms in total. The van der Waals surface area contributed by atoms with Crippen molar-refractivity contribution >= 4 is 51.3 Å². The fourth-order valence-corrected chi connectivity index (χ4v) is 3.81. The standard InChI is InChI=1S/C20H18N2O8S/c1-4-28-20(26)16-10(2)15(19(25)27-3)17(31-16)22-14(23)8-29-18(24)11-5-6-13-12(7-11)21-9-30-13/h5-7,9H,4,8H2,1-3H3,(H,22,23). The van der Waals surface area contributed by atoms with Crippen molar-refractivity contribution in [1.82, 2.24) is 4.98 Å². The van der Waals surface area contributed by atoms with E-state index in [9.17, 15) is 19.2 Å². The first-order valence-corrected chi connectivity index (χ1v) is 9.86. The molecule has 0 fully saturated rings. The summed E-state index contributed by atoms with van der Waals surface area (Å²) in [7, 11) is 1.18. The molecule has 31 heavy (non-hydrogen) atoms. The Labute approximate surface area is 180 Å². The molecule has 0 aliphatic heterocycles. The molecule has 0 aliphatic carbocycles. The van der Waals surface area contributed by atoms with Gasteiger partial charge in [-0.1, -0.05) is 0 Å². The van der Waals surface area contributed by atoms with E-state index in [1.54, 1.807) is 19.9 Å². The number of hydrogen-bond acceptors (Lipinski definition) is 10. The van der Waals surface area contributed by atoms with E-state index >= 15 is 0 Å². The minimum Gasteiger partial charge on any atom is -0.465 e. The van der Waals surface area contributed by atoms with Crippen molar-refractivity contribution in [3.05, 3.63) is 46.2 Å². The second kappa shape index (κ2) is 9.39. The van der Waals surface area contributed by atoms with Crippen LogP contribution in [0.2, 0.25) is 0 Å². The van der Waals surface area contributed by atoms with Gasteiger partial charge in [0.15, 0.2) is 18.6 Å². The number of benzene rings is 1. The van der Waals surface area contributed by atoms with Crippen molar-refractivity contribution in [2.24, 2.45) is 0 Å². The number of nitrogens with one attached hydrogen (secondary N) is 1. The quantitative estimate of drug-likeness (QED) is 0.429. The lowest BCUT2D eigenvalue weighted by atomic mass is 10.1. The first kappa shape index (κ1) is 22.0. The number of carbonyl (C=O) groups is 4. The number of nitrogens with zero attached hydrogens (tertiary/aromatic N) is 1. The molecular formula is C20H18N2O8S. The number of rotatable bonds is 7. The fraction of sp³-hybridized carbons (Fsp3) is 0.250. The van der Waals surface area contributed by atoms with Crippen LogP contribution in [0.1, 0.15) is 42.9 Å². The van der Waals surface area contributed by atoms with Gasteiger partial charge in [0.25, 0.3) is 5.91 Å². The molecule has 162 valence electrons. The number of methoxy groups -OCH3 is 1. The summed E-state index contributed by atoms with van der Waals surface area (Å²) in [6, 6.07) is 4.52. The van der Waals surface area contributed by atoms with Crippen LogP contribution in [0.5, 0.6) is 0 Å². The summed E-state index contributed by atoms with van der Waals surface area (Å²) in [4.78, 5) is 52.9. The van der Waals surface area contributed by atoms with Gasteiger partial charge in [-0.2, -0.15) is 0 Å². The van der Waals surface area contributed by atoms with E-state index in [2.05, 4.69) is 10.3 Å². The van der Waals surface area contributed by atoms with Crippen LogP contribution in [0.15, 0.2) is 29.0 Å². The number of oxazole rings is 1. The van der Waals surface area contributed by atoms with Crippen molar-refractivity contribution in [2.75, 3.05) is 25.6 Å². The van der Waals surface area contributed by atoms with Crippen molar-refractivity contribution in [3.63, 3.8) is 0 Å². The van der Waals surface area contributed by atoms with Crippen LogP contribution in [0.25, 0.3) is 11.1 Å². The lowest BCUT2D eigenvalue weighted by Crippen LogP contribution is -2.21. The van der Waals surface area contributed by atoms with Gasteiger partial charge in [0.05, 0.1) is 24.8 Å². The van der Waals surface area contributed by atoms with Gasteiger partial charge < -0.3 is 23.9 Å². The Balaban J connectivity index is 1.71. The molecule has 0 radical (unpaired) electrons. The third-order valence-corrected chi connectivity index (χ3v) is 5.34. The predicted molar refractivity (Wildman–Crippen MR) is 109 cm³/mol. The van der Waals surface area contributed by atoms with Crippen LogP contribution >= 0.6 is 11.3 Å². The SMILES string of the molecule is CCOC(=O)c1sc(NC(=O)COC(=O)c2ccc3ocnc3c2)c(C(=O)OC)c1C. The summed E-state index contributed by atoms with van der Waals surface area (Å²) in [6.07, 6.45) is 1.25. The van der Waals surface area contributed by atoms with Crippen LogP contribution < -0.4 is 5.32 Å². The summed E-state index contributed by atoms with van der Waals surface area (Å²) in [5.74, 6) is -2.77. The van der Waals surface area contributed by atoms with Crippen LogP contribution in [-0.2, 0) is 19.0 Å². The number of carbonyl (C=O) groups excluding carboxylic acids is 4. The first-order chi connectivity index (χ1) is 14.8. The highest BCUT2D eigenvalue weighted by molar-refractivity contribution is 7.18. The minimum absolute atomic E-state index is 0.0340. The zero-order valence-corrected chi connectivity index (χ0v) is 17.7. The Hall–Kier alpha value is -3.73. The monoisotopic (exact) mass is 446 g/mol. The second-order valence-corrected chi connectivity index (χ2v) is 7.15. The number of anilines is 1. The molecule has 0 atom stereocenters. The van der Waals surface area contributed by atoms with Crippen molar-refractivity contribution in [3.8, 4) is 0 Å². The Kier molecular flexibility index (Phi) is 6.65. The Bertz CT molecular complexity index is 1160. The van der Waals surface area contributed by atoms with E-state index in [0.29, 0.717) is 16.7 Å². The molecule has 3 aromatic rings. The number of amides is 1. The molecule has 0 aliphatic rings. The molecule has 1 aromatic carbocycles. The smallest absolute Gasteiger partial charge is 0.348 e. The highest BCUT2D eigenvalue weighted by Gasteiger charge is 2.27. The lowest BCUT2D eigenvalue weighted by molar-refractivity contribution is -0.119. The third kappa shape index (κ3) is 4.72. The van der Waals surface area contributed by atoms with E-state index in [1.807, 2.05) is 0 Å². The van der Waals surface area contributed by atoms with E-state index in [1.165, 1.54) is 25.6 Å². The molecule has 1 N–H and O–H groups in total. The van der Waals surface area contributed by atoms with Crippen LogP contribution in [-0.4, -0.2) is 49.1 Å². The van der Waals surface area contributed by atoms with E-state index in [-0.39, 0.29) is 27.6 Å². The molecule has 11 heteroatoms. The van der Waals surface area contributed by atoms with Gasteiger partial charge in [-0.25, -0.2) is 19.4 Å². The average molecular weight is 446 g/mol. The second-order valence-electron chi connectivity index (χ2n) is 6.13. The van der Waals surface area contributed by atoms with Crippen molar-refractivity contribution < 1.29 is 37.8 Å². The topological polar surface area (TPSA) is 134 Å². The number of thiophene rings is 1. The Morgan fingerprint density at radius 2 is 1.90 bits per heavy atom. The number of esters is 3. The summed E-state index contributed by atoms with van der Waals surface area (Å²) < 4.78 is 19.8. The van der Waals surface area contributed by atoms with Gasteiger partial charge in [0.2, 0.25) is 0 Å². The number of hydrogen-bond donors (Lipinski definition) is 1. The molecule has 0 unspecified atom stereocenters. The fourth-order valence-electron chi connectivity index (χ4n) is 2.70. The van der Waals surface area contributed by atoms with Gasteiger partial charge in [-0.05, 0) is 37.6 Å². The molecule has 1 amide bonds. The number of fused-ring (bicyclic) bond motifs is 1. The zero-order valence-electron chi connectivity index (χ0n) is 16.8. The highest BCUT2D eigenvalue weighted by Crippen LogP contribution is 2.34. The summed E-state index contributed by atoms with van der Waals surface area (Å²) >= 11 is 0.873. The van der Waals surface area contributed by atoms with Crippen LogP contribution in [0.3, 0.4) is 0 Å². The summed E-state index contributed by atoms with van der Waals surface area (Å²) in [5.41, 5.74) is 1.54. The van der Waals surface area contributed by atoms with E-state index in [4.69, 9.17) is 18.6 Å². The Morgan fingerprint density at radius 1 is 1.13 bits per heavy atom. The summed E-state index contributed by atoms with van der Waals surface area (Å²) in [6.45, 7) is 2.74. The maximum Gasteiger partial charge on any atom is 0.348 e. The van der Waals surface area contributed by atoms with Crippen LogP contribution in [0.4, 0.5) is 5.00 Å². The molecule has 0 bridgehead atoms. The van der Waals surface area contributed by atoms with Gasteiger partial charge in [-0.15, -0.1) is 11.3 Å². The molecule has 2 heterocycles. The number of aromatic nitrogens is 1. The third-order valence-electron chi connectivity index (χ3n) is 4.15. The molecule has 0 spiro atoms. The zero-order chi connectivity index (χ0) is 22.5.